The van der Waals surface area contributed by atoms with Crippen LogP contribution in [-0.2, 0) is 9.53 Å². The molecular formula is C10H10FNO3. The first-order valence-corrected chi connectivity index (χ1v) is 4.33. The number of aliphatic hydroxyl groups excluding tert-OH is 1. The molecule has 80 valence electrons. The second kappa shape index (κ2) is 5.09. The summed E-state index contributed by atoms with van der Waals surface area (Å²) in [5, 5.41) is 9.36. The molecule has 1 heterocycles. The van der Waals surface area contributed by atoms with Crippen molar-refractivity contribution in [2.24, 2.45) is 0 Å². The Labute approximate surface area is 86.0 Å². The molecule has 4 nitrogen and oxygen atoms in total. The molecule has 0 unspecified atom stereocenters. The van der Waals surface area contributed by atoms with Crippen LogP contribution in [0.15, 0.2) is 24.4 Å². The number of esters is 1. The second-order valence-electron chi connectivity index (χ2n) is 2.62. The maximum atomic E-state index is 13.1. The summed E-state index contributed by atoms with van der Waals surface area (Å²) in [7, 11) is 0. The largest absolute Gasteiger partial charge is 0.505 e. The van der Waals surface area contributed by atoms with Gasteiger partial charge in [-0.3, -0.25) is 0 Å². The van der Waals surface area contributed by atoms with Gasteiger partial charge in [0.15, 0.2) is 11.6 Å². The zero-order chi connectivity index (χ0) is 11.3. The predicted molar refractivity (Wildman–Crippen MR) is 51.4 cm³/mol. The first kappa shape index (κ1) is 11.2. The van der Waals surface area contributed by atoms with E-state index in [2.05, 4.69) is 9.72 Å². The Bertz CT molecular complexity index is 390. The second-order valence-corrected chi connectivity index (χ2v) is 2.62. The van der Waals surface area contributed by atoms with Crippen molar-refractivity contribution in [3.05, 3.63) is 35.9 Å². The normalized spacial score (nSPS) is 11.2. The molecule has 0 aliphatic heterocycles. The fraction of sp³-hybridized carbons (Fsp3) is 0.200. The van der Waals surface area contributed by atoms with Crippen LogP contribution in [0.2, 0.25) is 0 Å². The van der Waals surface area contributed by atoms with E-state index >= 15 is 0 Å². The minimum absolute atomic E-state index is 0.188. The van der Waals surface area contributed by atoms with Crippen LogP contribution in [0.1, 0.15) is 12.6 Å². The number of hydrogen-bond donors (Lipinski definition) is 1. The molecule has 0 amide bonds. The van der Waals surface area contributed by atoms with Crippen LogP contribution < -0.4 is 0 Å². The Morgan fingerprint density at radius 2 is 2.47 bits per heavy atom. The summed E-state index contributed by atoms with van der Waals surface area (Å²) in [6.07, 6.45) is 2.10. The number of hydrogen-bond acceptors (Lipinski definition) is 4. The lowest BCUT2D eigenvalue weighted by molar-refractivity contribution is -0.137. The van der Waals surface area contributed by atoms with Crippen LogP contribution in [0.5, 0.6) is 0 Å². The average Bonchev–Trinajstić information content (AvgIpc) is 2.18. The first-order valence-electron chi connectivity index (χ1n) is 4.33. The molecule has 0 saturated heterocycles. The molecule has 5 heteroatoms. The molecular weight excluding hydrogens is 201 g/mol. The molecule has 1 rings (SSSR count). The van der Waals surface area contributed by atoms with Gasteiger partial charge in [0.25, 0.3) is 0 Å². The third-order valence-electron chi connectivity index (χ3n) is 1.54. The van der Waals surface area contributed by atoms with Gasteiger partial charge in [-0.15, -0.1) is 0 Å². The highest BCUT2D eigenvalue weighted by atomic mass is 19.1. The van der Waals surface area contributed by atoms with E-state index in [1.54, 1.807) is 6.92 Å². The monoisotopic (exact) mass is 211 g/mol. The third kappa shape index (κ3) is 3.05. The van der Waals surface area contributed by atoms with Crippen molar-refractivity contribution >= 4 is 11.7 Å². The molecule has 0 fully saturated rings. The zero-order valence-electron chi connectivity index (χ0n) is 8.11. The number of ether oxygens (including phenoxy) is 1. The number of nitrogens with zero attached hydrogens (tertiary/aromatic N) is 1. The summed E-state index contributed by atoms with van der Waals surface area (Å²) in [6, 6.07) is 2.52. The van der Waals surface area contributed by atoms with Crippen LogP contribution in [0, 0.1) is 5.82 Å². The summed E-state index contributed by atoms with van der Waals surface area (Å²) in [6.45, 7) is 1.82. The molecule has 15 heavy (non-hydrogen) atoms. The van der Waals surface area contributed by atoms with E-state index in [0.29, 0.717) is 0 Å². The number of rotatable bonds is 3. The molecule has 0 aliphatic rings. The van der Waals surface area contributed by atoms with Crippen LogP contribution in [0.4, 0.5) is 4.39 Å². The van der Waals surface area contributed by atoms with Crippen molar-refractivity contribution in [2.75, 3.05) is 6.61 Å². The highest BCUT2D eigenvalue weighted by molar-refractivity contribution is 5.88. The summed E-state index contributed by atoms with van der Waals surface area (Å²) in [5.74, 6) is -1.98. The number of halogens is 1. The number of carbonyl (C=O) groups excluding carboxylic acids is 1. The van der Waals surface area contributed by atoms with Crippen LogP contribution >= 0.6 is 0 Å². The maximum Gasteiger partial charge on any atom is 0.334 e. The van der Waals surface area contributed by atoms with Crippen molar-refractivity contribution in [2.45, 2.75) is 6.92 Å². The number of aromatic nitrogens is 1. The fourth-order valence-electron chi connectivity index (χ4n) is 0.938. The topological polar surface area (TPSA) is 59.4 Å². The molecule has 1 aromatic heterocycles. The maximum absolute atomic E-state index is 13.1. The molecule has 1 aromatic rings. The minimum atomic E-state index is -0.736. The van der Waals surface area contributed by atoms with Gasteiger partial charge < -0.3 is 9.84 Å². The summed E-state index contributed by atoms with van der Waals surface area (Å²) in [5.41, 5.74) is -0.273. The Kier molecular flexibility index (Phi) is 3.79. The third-order valence-corrected chi connectivity index (χ3v) is 1.54. The van der Waals surface area contributed by atoms with Gasteiger partial charge in [0.1, 0.15) is 5.69 Å². The van der Waals surface area contributed by atoms with Crippen LogP contribution in [-0.4, -0.2) is 22.7 Å². The highest BCUT2D eigenvalue weighted by Crippen LogP contribution is 2.11. The molecule has 0 spiro atoms. The van der Waals surface area contributed by atoms with Gasteiger partial charge in [-0.25, -0.2) is 14.2 Å². The van der Waals surface area contributed by atoms with Crippen molar-refractivity contribution < 1.29 is 19.0 Å². The Balaban J connectivity index is 2.89. The van der Waals surface area contributed by atoms with Gasteiger partial charge in [-0.2, -0.15) is 0 Å². The van der Waals surface area contributed by atoms with Crippen molar-refractivity contribution in [1.82, 2.24) is 4.98 Å². The van der Waals surface area contributed by atoms with Crippen molar-refractivity contribution in [1.29, 1.82) is 0 Å². The predicted octanol–water partition coefficient (Wildman–Crippen LogP) is 1.68. The Morgan fingerprint density at radius 3 is 3.07 bits per heavy atom. The van der Waals surface area contributed by atoms with E-state index in [1.807, 2.05) is 0 Å². The van der Waals surface area contributed by atoms with Gasteiger partial charge in [-0.05, 0) is 19.1 Å². The van der Waals surface area contributed by atoms with Crippen molar-refractivity contribution in [3.63, 3.8) is 0 Å². The molecule has 0 bridgehead atoms. The first-order chi connectivity index (χ1) is 7.15. The lowest BCUT2D eigenvalue weighted by Gasteiger charge is -2.00. The Hall–Kier alpha value is -1.91. The minimum Gasteiger partial charge on any atom is -0.505 e. The number of aliphatic hydroxyl groups is 1. The smallest absolute Gasteiger partial charge is 0.334 e. The summed E-state index contributed by atoms with van der Waals surface area (Å²) < 4.78 is 17.6. The molecule has 0 aliphatic carbocycles. The van der Waals surface area contributed by atoms with E-state index < -0.39 is 17.5 Å². The highest BCUT2D eigenvalue weighted by Gasteiger charge is 2.09. The van der Waals surface area contributed by atoms with Gasteiger partial charge in [-0.1, -0.05) is 0 Å². The standard InChI is InChI=1S/C10H10FNO3/c1-2-15-9(14)6-8(13)10-7(11)4-3-5-12-10/h3-6,13H,2H2,1H3. The van der Waals surface area contributed by atoms with Crippen LogP contribution in [0.3, 0.4) is 0 Å². The van der Waals surface area contributed by atoms with E-state index in [1.165, 1.54) is 12.3 Å². The lowest BCUT2D eigenvalue weighted by Crippen LogP contribution is -2.02. The van der Waals surface area contributed by atoms with E-state index in [9.17, 15) is 14.3 Å². The summed E-state index contributed by atoms with van der Waals surface area (Å²) >= 11 is 0. The van der Waals surface area contributed by atoms with Gasteiger partial charge in [0, 0.05) is 6.20 Å². The quantitative estimate of drug-likeness (QED) is 0.469. The molecule has 0 atom stereocenters. The van der Waals surface area contributed by atoms with E-state index in [-0.39, 0.29) is 12.3 Å². The van der Waals surface area contributed by atoms with Crippen LogP contribution in [0.25, 0.3) is 5.76 Å². The van der Waals surface area contributed by atoms with E-state index in [0.717, 1.165) is 12.1 Å². The van der Waals surface area contributed by atoms with Gasteiger partial charge >= 0.3 is 5.97 Å². The zero-order valence-corrected chi connectivity index (χ0v) is 8.11. The van der Waals surface area contributed by atoms with Gasteiger partial charge in [0.2, 0.25) is 0 Å². The Morgan fingerprint density at radius 1 is 1.73 bits per heavy atom. The number of carbonyl (C=O) groups is 1. The fourth-order valence-corrected chi connectivity index (χ4v) is 0.938. The average molecular weight is 211 g/mol. The number of pyridine rings is 1. The summed E-state index contributed by atoms with van der Waals surface area (Å²) in [4.78, 5) is 14.5. The SMILES string of the molecule is CCOC(=O)C=C(O)c1ncccc1F. The van der Waals surface area contributed by atoms with Crippen molar-refractivity contribution in [3.8, 4) is 0 Å². The lowest BCUT2D eigenvalue weighted by atomic mass is 10.3. The molecule has 0 saturated carbocycles. The van der Waals surface area contributed by atoms with Gasteiger partial charge in [0.05, 0.1) is 12.7 Å². The molecule has 0 radical (unpaired) electrons. The van der Waals surface area contributed by atoms with E-state index in [4.69, 9.17) is 0 Å². The molecule has 0 aromatic carbocycles. The molecule has 1 N–H and O–H groups in total.